The van der Waals surface area contributed by atoms with Crippen LogP contribution in [0.3, 0.4) is 0 Å². The normalized spacial score (nSPS) is 17.1. The molecule has 2 heterocycles. The number of ether oxygens (including phenoxy) is 3. The molecular weight excluding hydrogens is 545 g/mol. The molecule has 0 bridgehead atoms. The lowest BCUT2D eigenvalue weighted by atomic mass is 10.0. The Labute approximate surface area is 236 Å². The average Bonchev–Trinajstić information content (AvgIpc) is 2.86. The zero-order chi connectivity index (χ0) is 30.7. The Morgan fingerprint density at radius 2 is 1.80 bits per heavy atom. The Balaban J connectivity index is 1.96. The standard InChI is InChI=1S/C28H35F3N4O6/c1-16-11-22(20(25(37)39-6)13-19(16)24(32)36)40-23(21-12-18(7-8-33-21)28(29,30)31)15-34-9-10-35(17(2)14-34)26(38)41-27(3,4)5/h7-8,11-13,17,23H,9-10,14-15H2,1-6H3,(H2,32,36)/t17-,23?/m1/s1. The van der Waals surface area contributed by atoms with Gasteiger partial charge in [-0.25, -0.2) is 9.59 Å². The number of aryl methyl sites for hydroxylation is 1. The first-order valence-corrected chi connectivity index (χ1v) is 12.9. The number of carbonyl (C=O) groups excluding carboxylic acids is 3. The van der Waals surface area contributed by atoms with Crippen molar-refractivity contribution in [3.63, 3.8) is 0 Å². The third-order valence-corrected chi connectivity index (χ3v) is 6.47. The van der Waals surface area contributed by atoms with Gasteiger partial charge in [0.1, 0.15) is 16.9 Å². The number of nitrogens with zero attached hydrogens (tertiary/aromatic N) is 3. The molecule has 2 atom stereocenters. The summed E-state index contributed by atoms with van der Waals surface area (Å²) in [6, 6.07) is 4.13. The molecule has 0 aliphatic carbocycles. The number of nitrogens with two attached hydrogens (primary N) is 1. The van der Waals surface area contributed by atoms with Crippen LogP contribution in [-0.4, -0.2) is 77.7 Å². The van der Waals surface area contributed by atoms with E-state index in [1.807, 2.05) is 11.8 Å². The molecule has 2 aromatic rings. The second-order valence-electron chi connectivity index (χ2n) is 10.9. The van der Waals surface area contributed by atoms with Crippen LogP contribution in [0, 0.1) is 6.92 Å². The van der Waals surface area contributed by atoms with Gasteiger partial charge in [-0.1, -0.05) is 0 Å². The second-order valence-corrected chi connectivity index (χ2v) is 10.9. The summed E-state index contributed by atoms with van der Waals surface area (Å²) in [6.45, 7) is 9.91. The molecule has 1 fully saturated rings. The molecule has 41 heavy (non-hydrogen) atoms. The fraction of sp³-hybridized carbons (Fsp3) is 0.500. The number of amides is 2. The van der Waals surface area contributed by atoms with Gasteiger partial charge in [-0.05, 0) is 64.4 Å². The van der Waals surface area contributed by atoms with Gasteiger partial charge in [0, 0.05) is 44.0 Å². The van der Waals surface area contributed by atoms with Gasteiger partial charge in [0.25, 0.3) is 0 Å². The number of hydrogen-bond donors (Lipinski definition) is 1. The topological polar surface area (TPSA) is 124 Å². The summed E-state index contributed by atoms with van der Waals surface area (Å²) < 4.78 is 57.2. The number of alkyl halides is 3. The second kappa shape index (κ2) is 12.3. The molecule has 13 heteroatoms. The lowest BCUT2D eigenvalue weighted by Crippen LogP contribution is -2.55. The van der Waals surface area contributed by atoms with Crippen molar-refractivity contribution in [1.82, 2.24) is 14.8 Å². The van der Waals surface area contributed by atoms with Gasteiger partial charge in [0.15, 0.2) is 6.10 Å². The van der Waals surface area contributed by atoms with Crippen molar-refractivity contribution in [3.05, 3.63) is 58.4 Å². The van der Waals surface area contributed by atoms with E-state index in [0.717, 1.165) is 25.4 Å². The Hall–Kier alpha value is -3.87. The van der Waals surface area contributed by atoms with Gasteiger partial charge < -0.3 is 24.8 Å². The zero-order valence-electron chi connectivity index (χ0n) is 23.9. The van der Waals surface area contributed by atoms with Crippen LogP contribution in [0.5, 0.6) is 5.75 Å². The van der Waals surface area contributed by atoms with E-state index in [1.165, 1.54) is 12.1 Å². The van der Waals surface area contributed by atoms with Crippen LogP contribution in [-0.2, 0) is 15.7 Å². The maximum atomic E-state index is 13.6. The molecule has 1 aliphatic rings. The first-order chi connectivity index (χ1) is 19.0. The summed E-state index contributed by atoms with van der Waals surface area (Å²) in [5, 5.41) is 0. The molecule has 2 N–H and O–H groups in total. The molecule has 10 nitrogen and oxygen atoms in total. The highest BCUT2D eigenvalue weighted by atomic mass is 19.4. The third kappa shape index (κ3) is 8.09. The van der Waals surface area contributed by atoms with Crippen LogP contribution in [0.2, 0.25) is 0 Å². The third-order valence-electron chi connectivity index (χ3n) is 6.47. The van der Waals surface area contributed by atoms with Crippen LogP contribution < -0.4 is 10.5 Å². The lowest BCUT2D eigenvalue weighted by Gasteiger charge is -2.41. The summed E-state index contributed by atoms with van der Waals surface area (Å²) in [6.07, 6.45) is -5.10. The number of primary amides is 1. The fourth-order valence-corrected chi connectivity index (χ4v) is 4.48. The van der Waals surface area contributed by atoms with Gasteiger partial charge in [0.2, 0.25) is 5.91 Å². The van der Waals surface area contributed by atoms with E-state index in [1.54, 1.807) is 32.6 Å². The number of methoxy groups -OCH3 is 1. The van der Waals surface area contributed by atoms with Crippen LogP contribution in [0.4, 0.5) is 18.0 Å². The van der Waals surface area contributed by atoms with E-state index >= 15 is 0 Å². The minimum absolute atomic E-state index is 0.0102. The molecule has 1 unspecified atom stereocenters. The van der Waals surface area contributed by atoms with Crippen LogP contribution >= 0.6 is 0 Å². The molecule has 224 valence electrons. The number of halogens is 3. The molecule has 1 aliphatic heterocycles. The molecule has 1 saturated heterocycles. The fourth-order valence-electron chi connectivity index (χ4n) is 4.48. The van der Waals surface area contributed by atoms with Gasteiger partial charge in [-0.15, -0.1) is 0 Å². The van der Waals surface area contributed by atoms with Crippen molar-refractivity contribution >= 4 is 18.0 Å². The van der Waals surface area contributed by atoms with Crippen molar-refractivity contribution < 1.29 is 41.8 Å². The van der Waals surface area contributed by atoms with Crippen molar-refractivity contribution in [2.45, 2.75) is 58.5 Å². The maximum absolute atomic E-state index is 13.6. The highest BCUT2D eigenvalue weighted by Gasteiger charge is 2.35. The first kappa shape index (κ1) is 31.7. The Morgan fingerprint density at radius 1 is 1.12 bits per heavy atom. The quantitative estimate of drug-likeness (QED) is 0.480. The summed E-state index contributed by atoms with van der Waals surface area (Å²) in [7, 11) is 1.15. The van der Waals surface area contributed by atoms with Crippen molar-refractivity contribution in [2.75, 3.05) is 33.3 Å². The van der Waals surface area contributed by atoms with Crippen LogP contribution in [0.25, 0.3) is 0 Å². The molecule has 2 amide bonds. The summed E-state index contributed by atoms with van der Waals surface area (Å²) >= 11 is 0. The Kier molecular flexibility index (Phi) is 9.52. The van der Waals surface area contributed by atoms with E-state index in [4.69, 9.17) is 19.9 Å². The monoisotopic (exact) mass is 580 g/mol. The van der Waals surface area contributed by atoms with Crippen LogP contribution in [0.1, 0.15) is 71.3 Å². The average molecular weight is 581 g/mol. The molecular formula is C28H35F3N4O6. The van der Waals surface area contributed by atoms with Gasteiger partial charge in [-0.3, -0.25) is 14.7 Å². The molecule has 0 radical (unpaired) electrons. The lowest BCUT2D eigenvalue weighted by molar-refractivity contribution is -0.137. The maximum Gasteiger partial charge on any atom is 0.416 e. The largest absolute Gasteiger partial charge is 0.482 e. The SMILES string of the molecule is COC(=O)c1cc(C(N)=O)c(C)cc1OC(CN1CCN(C(=O)OC(C)(C)C)[C@H](C)C1)c1cc(C(F)(F)F)ccn1. The first-order valence-electron chi connectivity index (χ1n) is 12.9. The van der Waals surface area contributed by atoms with Crippen LogP contribution in [0.15, 0.2) is 30.5 Å². The number of pyridine rings is 1. The number of rotatable bonds is 7. The number of aromatic nitrogens is 1. The van der Waals surface area contributed by atoms with Gasteiger partial charge in [0.05, 0.1) is 18.4 Å². The summed E-state index contributed by atoms with van der Waals surface area (Å²) in [5.41, 5.74) is 4.19. The van der Waals surface area contributed by atoms with E-state index in [0.29, 0.717) is 25.2 Å². The predicted molar refractivity (Wildman–Crippen MR) is 142 cm³/mol. The van der Waals surface area contributed by atoms with E-state index in [9.17, 15) is 27.6 Å². The Bertz CT molecular complexity index is 1290. The highest BCUT2D eigenvalue weighted by molar-refractivity contribution is 5.99. The molecule has 0 spiro atoms. The van der Waals surface area contributed by atoms with Crippen molar-refractivity contribution in [3.8, 4) is 5.75 Å². The Morgan fingerprint density at radius 3 is 2.37 bits per heavy atom. The summed E-state index contributed by atoms with van der Waals surface area (Å²) in [5.74, 6) is -1.60. The van der Waals surface area contributed by atoms with Crippen molar-refractivity contribution in [1.29, 1.82) is 0 Å². The number of esters is 1. The van der Waals surface area contributed by atoms with Gasteiger partial charge in [-0.2, -0.15) is 13.2 Å². The number of piperazine rings is 1. The molecule has 3 rings (SSSR count). The van der Waals surface area contributed by atoms with Crippen molar-refractivity contribution in [2.24, 2.45) is 5.73 Å². The predicted octanol–water partition coefficient (Wildman–Crippen LogP) is 4.36. The minimum atomic E-state index is -4.62. The zero-order valence-corrected chi connectivity index (χ0v) is 23.9. The number of hydrogen-bond acceptors (Lipinski definition) is 8. The van der Waals surface area contributed by atoms with E-state index in [-0.39, 0.29) is 35.2 Å². The molecule has 1 aromatic heterocycles. The van der Waals surface area contributed by atoms with E-state index < -0.39 is 41.4 Å². The number of benzene rings is 1. The molecule has 0 saturated carbocycles. The number of carbonyl (C=O) groups is 3. The highest BCUT2D eigenvalue weighted by Crippen LogP contribution is 2.33. The van der Waals surface area contributed by atoms with E-state index in [2.05, 4.69) is 4.98 Å². The smallest absolute Gasteiger partial charge is 0.416 e. The summed E-state index contributed by atoms with van der Waals surface area (Å²) in [4.78, 5) is 44.8. The molecule has 1 aromatic carbocycles. The van der Waals surface area contributed by atoms with Gasteiger partial charge >= 0.3 is 18.2 Å². The minimum Gasteiger partial charge on any atom is -0.482 e.